The number of aliphatic imine (C=N–C) groups is 1. The van der Waals surface area contributed by atoms with Gasteiger partial charge in [0.15, 0.2) is 5.96 Å². The normalized spacial score (nSPS) is 23.9. The van der Waals surface area contributed by atoms with Crippen molar-refractivity contribution in [3.63, 3.8) is 0 Å². The van der Waals surface area contributed by atoms with E-state index in [1.165, 1.54) is 25.8 Å². The largest absolute Gasteiger partial charge is 0.444 e. The predicted octanol–water partition coefficient (Wildman–Crippen LogP) is 3.02. The molecule has 2 atom stereocenters. The smallest absolute Gasteiger partial charge is 0.410 e. The van der Waals surface area contributed by atoms with Gasteiger partial charge in [0.05, 0.1) is 0 Å². The van der Waals surface area contributed by atoms with Crippen LogP contribution in [-0.4, -0.2) is 91.8 Å². The van der Waals surface area contributed by atoms with E-state index < -0.39 is 5.60 Å². The molecule has 0 saturated carbocycles. The number of nitrogens with one attached hydrogen (secondary N) is 1. The lowest BCUT2D eigenvalue weighted by Crippen LogP contribution is -2.47. The summed E-state index contributed by atoms with van der Waals surface area (Å²) < 4.78 is 5.54. The molecule has 2 unspecified atom stereocenters. The van der Waals surface area contributed by atoms with E-state index in [4.69, 9.17) is 4.74 Å². The summed E-state index contributed by atoms with van der Waals surface area (Å²) in [7, 11) is 3.99. The summed E-state index contributed by atoms with van der Waals surface area (Å²) in [6.45, 7) is 13.8. The Morgan fingerprint density at radius 2 is 1.97 bits per heavy atom. The maximum atomic E-state index is 12.4. The number of ether oxygens (including phenoxy) is 1. The molecule has 2 aliphatic rings. The predicted molar refractivity (Wildman–Crippen MR) is 119 cm³/mol. The van der Waals surface area contributed by atoms with Crippen molar-refractivity contribution < 1.29 is 9.53 Å². The number of rotatable bonds is 6. The maximum absolute atomic E-state index is 12.4. The summed E-state index contributed by atoms with van der Waals surface area (Å²) in [6, 6.07) is 0.629. The van der Waals surface area contributed by atoms with Crippen molar-refractivity contribution in [1.82, 2.24) is 20.0 Å². The Kier molecular flexibility index (Phi) is 9.05. The summed E-state index contributed by atoms with van der Waals surface area (Å²) in [5.41, 5.74) is -0.435. The SMILES string of the molecule is CCN1CCCC1CN(C)C(=NC)NCCC1CCCN(C(=O)OC(C)(C)C)C1. The van der Waals surface area contributed by atoms with Crippen LogP contribution in [0.15, 0.2) is 4.99 Å². The molecule has 2 aliphatic heterocycles. The third-order valence-electron chi connectivity index (χ3n) is 5.97. The molecule has 2 heterocycles. The number of piperidine rings is 1. The standard InChI is InChI=1S/C22H43N5O2/c1-7-26-14-9-11-19(26)17-25(6)20(23-5)24-13-12-18-10-8-15-27(16-18)21(28)29-22(2,3)4/h18-19H,7-17H2,1-6H3,(H,23,24). The first-order valence-corrected chi connectivity index (χ1v) is 11.4. The van der Waals surface area contributed by atoms with Crippen molar-refractivity contribution in [2.45, 2.75) is 71.4 Å². The summed E-state index contributed by atoms with van der Waals surface area (Å²) in [5, 5.41) is 3.53. The molecular formula is C22H43N5O2. The molecule has 29 heavy (non-hydrogen) atoms. The second-order valence-electron chi connectivity index (χ2n) is 9.50. The van der Waals surface area contributed by atoms with Gasteiger partial charge in [-0.2, -0.15) is 0 Å². The second-order valence-corrected chi connectivity index (χ2v) is 9.50. The number of carbonyl (C=O) groups excluding carboxylic acids is 1. The highest BCUT2D eigenvalue weighted by Gasteiger charge is 2.28. The highest BCUT2D eigenvalue weighted by Crippen LogP contribution is 2.21. The molecule has 7 nitrogen and oxygen atoms in total. The van der Waals surface area contributed by atoms with Gasteiger partial charge in [-0.3, -0.25) is 9.89 Å². The van der Waals surface area contributed by atoms with E-state index in [-0.39, 0.29) is 6.09 Å². The molecule has 0 bridgehead atoms. The van der Waals surface area contributed by atoms with E-state index in [9.17, 15) is 4.79 Å². The molecule has 2 saturated heterocycles. The van der Waals surface area contributed by atoms with Crippen molar-refractivity contribution in [3.8, 4) is 0 Å². The van der Waals surface area contributed by atoms with Crippen molar-refractivity contribution in [1.29, 1.82) is 0 Å². The number of hydrogen-bond donors (Lipinski definition) is 1. The van der Waals surface area contributed by atoms with Crippen LogP contribution in [0.2, 0.25) is 0 Å². The van der Waals surface area contributed by atoms with Crippen LogP contribution in [0.25, 0.3) is 0 Å². The van der Waals surface area contributed by atoms with Gasteiger partial charge in [-0.25, -0.2) is 4.79 Å². The van der Waals surface area contributed by atoms with Crippen LogP contribution >= 0.6 is 0 Å². The highest BCUT2D eigenvalue weighted by atomic mass is 16.6. The second kappa shape index (κ2) is 11.0. The molecule has 0 radical (unpaired) electrons. The zero-order valence-corrected chi connectivity index (χ0v) is 19.5. The molecule has 0 aromatic carbocycles. The average Bonchev–Trinajstić information content (AvgIpc) is 3.11. The van der Waals surface area contributed by atoms with Crippen molar-refractivity contribution >= 4 is 12.1 Å². The van der Waals surface area contributed by atoms with Crippen molar-refractivity contribution in [2.75, 3.05) is 53.4 Å². The molecule has 0 aliphatic carbocycles. The van der Waals surface area contributed by atoms with Crippen LogP contribution in [0.5, 0.6) is 0 Å². The van der Waals surface area contributed by atoms with Gasteiger partial charge < -0.3 is 19.9 Å². The topological polar surface area (TPSA) is 60.4 Å². The molecule has 2 rings (SSSR count). The van der Waals surface area contributed by atoms with Crippen molar-refractivity contribution in [3.05, 3.63) is 0 Å². The zero-order valence-electron chi connectivity index (χ0n) is 19.5. The minimum absolute atomic E-state index is 0.178. The quantitative estimate of drug-likeness (QED) is 0.540. The third kappa shape index (κ3) is 7.68. The van der Waals surface area contributed by atoms with E-state index in [2.05, 4.69) is 34.1 Å². The van der Waals surface area contributed by atoms with Crippen LogP contribution in [0, 0.1) is 5.92 Å². The number of nitrogens with zero attached hydrogens (tertiary/aromatic N) is 4. The van der Waals surface area contributed by atoms with Crippen molar-refractivity contribution in [2.24, 2.45) is 10.9 Å². The van der Waals surface area contributed by atoms with E-state index in [1.54, 1.807) is 0 Å². The van der Waals surface area contributed by atoms with E-state index in [0.717, 1.165) is 51.5 Å². The Bertz CT molecular complexity index is 546. The summed E-state index contributed by atoms with van der Waals surface area (Å²) in [4.78, 5) is 23.5. The number of likely N-dealkylation sites (N-methyl/N-ethyl adjacent to an activating group) is 2. The number of hydrogen-bond acceptors (Lipinski definition) is 4. The summed E-state index contributed by atoms with van der Waals surface area (Å²) in [5.74, 6) is 1.48. The fourth-order valence-electron chi connectivity index (χ4n) is 4.49. The first-order valence-electron chi connectivity index (χ1n) is 11.4. The lowest BCUT2D eigenvalue weighted by molar-refractivity contribution is 0.0162. The number of likely N-dealkylation sites (tertiary alicyclic amines) is 2. The Morgan fingerprint density at radius 1 is 1.24 bits per heavy atom. The fraction of sp³-hybridized carbons (Fsp3) is 0.909. The first-order chi connectivity index (χ1) is 13.7. The molecule has 7 heteroatoms. The van der Waals surface area contributed by atoms with Gasteiger partial charge in [0.1, 0.15) is 5.60 Å². The van der Waals surface area contributed by atoms with E-state index in [1.807, 2.05) is 32.7 Å². The number of guanidine groups is 1. The summed E-state index contributed by atoms with van der Waals surface area (Å²) >= 11 is 0. The molecule has 0 spiro atoms. The lowest BCUT2D eigenvalue weighted by Gasteiger charge is -2.34. The number of carbonyl (C=O) groups is 1. The monoisotopic (exact) mass is 409 g/mol. The first kappa shape index (κ1) is 23.8. The minimum Gasteiger partial charge on any atom is -0.444 e. The molecule has 168 valence electrons. The van der Waals surface area contributed by atoms with Gasteiger partial charge in [0.25, 0.3) is 0 Å². The van der Waals surface area contributed by atoms with Gasteiger partial charge in [-0.05, 0) is 71.9 Å². The molecule has 0 aromatic heterocycles. The molecule has 0 aromatic rings. The lowest BCUT2D eigenvalue weighted by atomic mass is 9.95. The summed E-state index contributed by atoms with van der Waals surface area (Å²) in [6.07, 6.45) is 5.65. The van der Waals surface area contributed by atoms with Crippen LogP contribution in [-0.2, 0) is 4.74 Å². The Hall–Kier alpha value is -1.50. The van der Waals surface area contributed by atoms with Crippen LogP contribution in [0.1, 0.15) is 59.8 Å². The third-order valence-corrected chi connectivity index (χ3v) is 5.97. The van der Waals surface area contributed by atoms with Crippen LogP contribution in [0.4, 0.5) is 4.79 Å². The Morgan fingerprint density at radius 3 is 2.62 bits per heavy atom. The van der Waals surface area contributed by atoms with Crippen LogP contribution < -0.4 is 5.32 Å². The molecule has 1 amide bonds. The Balaban J connectivity index is 1.75. The fourth-order valence-corrected chi connectivity index (χ4v) is 4.49. The zero-order chi connectivity index (χ0) is 21.4. The molecular weight excluding hydrogens is 366 g/mol. The average molecular weight is 410 g/mol. The highest BCUT2D eigenvalue weighted by molar-refractivity contribution is 5.79. The molecule has 1 N–H and O–H groups in total. The van der Waals surface area contributed by atoms with Gasteiger partial charge in [-0.1, -0.05) is 6.92 Å². The van der Waals surface area contributed by atoms with E-state index in [0.29, 0.717) is 12.0 Å². The maximum Gasteiger partial charge on any atom is 0.410 e. The van der Waals surface area contributed by atoms with Gasteiger partial charge in [0, 0.05) is 46.3 Å². The van der Waals surface area contributed by atoms with Gasteiger partial charge in [-0.15, -0.1) is 0 Å². The minimum atomic E-state index is -0.435. The van der Waals surface area contributed by atoms with Gasteiger partial charge in [0.2, 0.25) is 0 Å². The Labute approximate surface area is 177 Å². The van der Waals surface area contributed by atoms with Gasteiger partial charge >= 0.3 is 6.09 Å². The van der Waals surface area contributed by atoms with E-state index >= 15 is 0 Å². The van der Waals surface area contributed by atoms with Crippen LogP contribution in [0.3, 0.4) is 0 Å². The molecule has 2 fully saturated rings. The number of amides is 1.